The van der Waals surface area contributed by atoms with Crippen LogP contribution in [0.15, 0.2) is 30.5 Å². The molecule has 2 N–H and O–H groups in total. The minimum Gasteiger partial charge on any atom is -0.454 e. The fraction of sp³-hybridized carbons (Fsp3) is 0.444. The predicted molar refractivity (Wildman–Crippen MR) is 91.8 cm³/mol. The highest BCUT2D eigenvalue weighted by atomic mass is 16.7. The van der Waals surface area contributed by atoms with Gasteiger partial charge in [-0.2, -0.15) is 5.10 Å². The minimum atomic E-state index is -0.173. The number of benzene rings is 1. The van der Waals surface area contributed by atoms with Crippen molar-refractivity contribution in [1.29, 1.82) is 0 Å². The summed E-state index contributed by atoms with van der Waals surface area (Å²) in [6.07, 6.45) is 4.11. The molecule has 0 spiro atoms. The van der Waals surface area contributed by atoms with Crippen molar-refractivity contribution < 1.29 is 14.3 Å². The van der Waals surface area contributed by atoms with E-state index in [0.717, 1.165) is 37.2 Å². The summed E-state index contributed by atoms with van der Waals surface area (Å²) in [7, 11) is 0. The molecule has 1 saturated heterocycles. The van der Waals surface area contributed by atoms with E-state index in [0.29, 0.717) is 17.5 Å². The first-order chi connectivity index (χ1) is 12.2. The molecule has 7 heteroatoms. The zero-order valence-corrected chi connectivity index (χ0v) is 14.2. The highest BCUT2D eigenvalue weighted by Gasteiger charge is 2.20. The first-order valence-electron chi connectivity index (χ1n) is 8.67. The lowest BCUT2D eigenvalue weighted by molar-refractivity contribution is 0.0933. The molecular weight excluding hydrogens is 320 g/mol. The molecule has 4 rings (SSSR count). The molecule has 2 aromatic rings. The van der Waals surface area contributed by atoms with E-state index in [1.807, 2.05) is 36.0 Å². The third-order valence-corrected chi connectivity index (χ3v) is 4.73. The van der Waals surface area contributed by atoms with Crippen molar-refractivity contribution in [2.45, 2.75) is 31.8 Å². The van der Waals surface area contributed by atoms with Crippen LogP contribution in [0.3, 0.4) is 0 Å². The van der Waals surface area contributed by atoms with Crippen LogP contribution in [-0.2, 0) is 0 Å². The fourth-order valence-electron chi connectivity index (χ4n) is 3.26. The molecule has 25 heavy (non-hydrogen) atoms. The molecule has 0 saturated carbocycles. The van der Waals surface area contributed by atoms with Crippen LogP contribution >= 0.6 is 0 Å². The molecule has 2 unspecified atom stereocenters. The topological polar surface area (TPSA) is 77.4 Å². The molecule has 0 aliphatic carbocycles. The van der Waals surface area contributed by atoms with Gasteiger partial charge in [-0.3, -0.25) is 9.48 Å². The maximum Gasteiger partial charge on any atom is 0.272 e. The van der Waals surface area contributed by atoms with Crippen molar-refractivity contribution in [3.63, 3.8) is 0 Å². The Morgan fingerprint density at radius 3 is 3.08 bits per heavy atom. The summed E-state index contributed by atoms with van der Waals surface area (Å²) in [6, 6.07) is 7.65. The van der Waals surface area contributed by atoms with Crippen LogP contribution in [0.2, 0.25) is 0 Å². The van der Waals surface area contributed by atoms with Crippen LogP contribution < -0.4 is 20.1 Å². The smallest absolute Gasteiger partial charge is 0.272 e. The summed E-state index contributed by atoms with van der Waals surface area (Å²) in [5.74, 6) is 1.28. The lowest BCUT2D eigenvalue weighted by Gasteiger charge is -2.22. The van der Waals surface area contributed by atoms with Crippen molar-refractivity contribution in [3.05, 3.63) is 41.7 Å². The van der Waals surface area contributed by atoms with Crippen LogP contribution in [0.4, 0.5) is 0 Å². The largest absolute Gasteiger partial charge is 0.454 e. The van der Waals surface area contributed by atoms with Gasteiger partial charge in [0.15, 0.2) is 11.5 Å². The van der Waals surface area contributed by atoms with Crippen molar-refractivity contribution in [1.82, 2.24) is 20.4 Å². The first kappa shape index (κ1) is 16.0. The molecule has 132 valence electrons. The zero-order chi connectivity index (χ0) is 17.2. The van der Waals surface area contributed by atoms with Gasteiger partial charge in [0.1, 0.15) is 5.69 Å². The summed E-state index contributed by atoms with van der Waals surface area (Å²) in [6.45, 7) is 4.14. The standard InChI is InChI=1S/C18H22N4O3/c1-12(13-4-5-16-17(9-13)25-11-24-16)20-18(23)15-6-8-22(21-15)14-3-2-7-19-10-14/h4-6,8-9,12,14,19H,2-3,7,10-11H2,1H3,(H,20,23). The summed E-state index contributed by atoms with van der Waals surface area (Å²) in [5, 5.41) is 10.8. The Balaban J connectivity index is 1.42. The molecule has 1 fully saturated rings. The fourth-order valence-corrected chi connectivity index (χ4v) is 3.26. The van der Waals surface area contributed by atoms with Gasteiger partial charge in [-0.05, 0) is 50.1 Å². The second-order valence-electron chi connectivity index (χ2n) is 6.49. The second kappa shape index (κ2) is 6.76. The number of carbonyl (C=O) groups is 1. The van der Waals surface area contributed by atoms with Crippen LogP contribution in [0.1, 0.15) is 47.9 Å². The third-order valence-electron chi connectivity index (χ3n) is 4.73. The van der Waals surface area contributed by atoms with Crippen LogP contribution in [0.5, 0.6) is 11.5 Å². The Bertz CT molecular complexity index is 767. The predicted octanol–water partition coefficient (Wildman–Crippen LogP) is 2.03. The Morgan fingerprint density at radius 2 is 2.24 bits per heavy atom. The number of nitrogens with zero attached hydrogens (tertiary/aromatic N) is 2. The summed E-state index contributed by atoms with van der Waals surface area (Å²) < 4.78 is 12.6. The van der Waals surface area contributed by atoms with Gasteiger partial charge in [0.05, 0.1) is 12.1 Å². The van der Waals surface area contributed by atoms with E-state index in [-0.39, 0.29) is 18.7 Å². The van der Waals surface area contributed by atoms with Crippen molar-refractivity contribution in [2.75, 3.05) is 19.9 Å². The Labute approximate surface area is 146 Å². The van der Waals surface area contributed by atoms with Gasteiger partial charge < -0.3 is 20.1 Å². The quantitative estimate of drug-likeness (QED) is 0.889. The third kappa shape index (κ3) is 3.32. The van der Waals surface area contributed by atoms with Gasteiger partial charge >= 0.3 is 0 Å². The Morgan fingerprint density at radius 1 is 1.36 bits per heavy atom. The van der Waals surface area contributed by atoms with E-state index in [9.17, 15) is 4.79 Å². The average molecular weight is 342 g/mol. The molecule has 2 aliphatic rings. The van der Waals surface area contributed by atoms with Gasteiger partial charge in [-0.15, -0.1) is 0 Å². The van der Waals surface area contributed by atoms with Gasteiger partial charge in [-0.25, -0.2) is 0 Å². The maximum atomic E-state index is 12.5. The minimum absolute atomic E-state index is 0.150. The molecule has 3 heterocycles. The van der Waals surface area contributed by atoms with Crippen molar-refractivity contribution in [2.24, 2.45) is 0 Å². The number of amides is 1. The number of carbonyl (C=O) groups excluding carboxylic acids is 1. The van der Waals surface area contributed by atoms with E-state index in [2.05, 4.69) is 15.7 Å². The number of piperidine rings is 1. The highest BCUT2D eigenvalue weighted by Crippen LogP contribution is 2.34. The Hall–Kier alpha value is -2.54. The van der Waals surface area contributed by atoms with E-state index in [1.165, 1.54) is 0 Å². The lowest BCUT2D eigenvalue weighted by atomic mass is 10.1. The molecule has 0 bridgehead atoms. The number of aromatic nitrogens is 2. The SMILES string of the molecule is CC(NC(=O)c1ccn(C2CCCNC2)n1)c1ccc2c(c1)OCO2. The number of hydrogen-bond donors (Lipinski definition) is 2. The summed E-state index contributed by atoms with van der Waals surface area (Å²) in [5.41, 5.74) is 1.41. The summed E-state index contributed by atoms with van der Waals surface area (Å²) >= 11 is 0. The Kier molecular flexibility index (Phi) is 4.31. The van der Waals surface area contributed by atoms with E-state index >= 15 is 0 Å². The molecule has 7 nitrogen and oxygen atoms in total. The number of rotatable bonds is 4. The van der Waals surface area contributed by atoms with E-state index < -0.39 is 0 Å². The van der Waals surface area contributed by atoms with Crippen LogP contribution in [-0.4, -0.2) is 35.6 Å². The van der Waals surface area contributed by atoms with Gasteiger partial charge in [0.25, 0.3) is 5.91 Å². The zero-order valence-electron chi connectivity index (χ0n) is 14.2. The monoisotopic (exact) mass is 342 g/mol. The second-order valence-corrected chi connectivity index (χ2v) is 6.49. The molecular formula is C18H22N4O3. The van der Waals surface area contributed by atoms with Crippen molar-refractivity contribution in [3.8, 4) is 11.5 Å². The number of ether oxygens (including phenoxy) is 2. The van der Waals surface area contributed by atoms with Gasteiger partial charge in [0.2, 0.25) is 6.79 Å². The molecule has 1 amide bonds. The maximum absolute atomic E-state index is 12.5. The molecule has 1 aromatic heterocycles. The van der Waals surface area contributed by atoms with E-state index in [4.69, 9.17) is 9.47 Å². The van der Waals surface area contributed by atoms with Gasteiger partial charge in [-0.1, -0.05) is 6.07 Å². The van der Waals surface area contributed by atoms with Gasteiger partial charge in [0, 0.05) is 12.7 Å². The number of nitrogens with one attached hydrogen (secondary N) is 2. The van der Waals surface area contributed by atoms with Crippen LogP contribution in [0, 0.1) is 0 Å². The molecule has 0 radical (unpaired) electrons. The lowest BCUT2D eigenvalue weighted by Crippen LogP contribution is -2.32. The first-order valence-corrected chi connectivity index (χ1v) is 8.67. The molecule has 2 atom stereocenters. The molecule has 1 aromatic carbocycles. The number of fused-ring (bicyclic) bond motifs is 1. The van der Waals surface area contributed by atoms with Crippen molar-refractivity contribution >= 4 is 5.91 Å². The van der Waals surface area contributed by atoms with E-state index in [1.54, 1.807) is 6.07 Å². The summed E-state index contributed by atoms with van der Waals surface area (Å²) in [4.78, 5) is 12.5. The average Bonchev–Trinajstić information content (AvgIpc) is 3.31. The van der Waals surface area contributed by atoms with Crippen LogP contribution in [0.25, 0.3) is 0 Å². The molecule has 2 aliphatic heterocycles. The highest BCUT2D eigenvalue weighted by molar-refractivity contribution is 5.92. The number of hydrogen-bond acceptors (Lipinski definition) is 5. The normalized spacial score (nSPS) is 20.3.